The van der Waals surface area contributed by atoms with Crippen LogP contribution in [0, 0.1) is 5.82 Å². The van der Waals surface area contributed by atoms with Crippen molar-refractivity contribution >= 4 is 88.3 Å². The number of nitrogens with zero attached hydrogens (tertiary/aromatic N) is 2. The van der Waals surface area contributed by atoms with Crippen molar-refractivity contribution in [3.63, 3.8) is 0 Å². The first kappa shape index (κ1) is 27.2. The van der Waals surface area contributed by atoms with E-state index in [1.54, 1.807) is 6.07 Å². The first-order valence-corrected chi connectivity index (χ1v) is 14.0. The minimum absolute atomic E-state index is 0.0507. The molecular formula is C22H14BrCl2FN4O5S2. The van der Waals surface area contributed by atoms with Gasteiger partial charge in [-0.05, 0) is 63.4 Å². The van der Waals surface area contributed by atoms with Gasteiger partial charge in [0.15, 0.2) is 5.03 Å². The van der Waals surface area contributed by atoms with Gasteiger partial charge in [0.1, 0.15) is 11.9 Å². The van der Waals surface area contributed by atoms with Crippen molar-refractivity contribution in [2.75, 3.05) is 4.72 Å². The molecule has 0 saturated carbocycles. The van der Waals surface area contributed by atoms with Crippen LogP contribution in [0.3, 0.4) is 0 Å². The van der Waals surface area contributed by atoms with Gasteiger partial charge >= 0.3 is 5.97 Å². The fraction of sp³-hybridized carbons (Fsp3) is 0.0909. The van der Waals surface area contributed by atoms with Crippen LogP contribution in [0.1, 0.15) is 15.9 Å². The lowest BCUT2D eigenvalue weighted by molar-refractivity contribution is -0.139. The number of aromatic nitrogens is 2. The van der Waals surface area contributed by atoms with Gasteiger partial charge in [0, 0.05) is 12.6 Å². The maximum atomic E-state index is 13.5. The van der Waals surface area contributed by atoms with Crippen molar-refractivity contribution in [3.8, 4) is 0 Å². The van der Waals surface area contributed by atoms with E-state index in [-0.39, 0.29) is 42.6 Å². The predicted molar refractivity (Wildman–Crippen MR) is 141 cm³/mol. The molecule has 2 heterocycles. The molecule has 37 heavy (non-hydrogen) atoms. The molecule has 0 aliphatic heterocycles. The van der Waals surface area contributed by atoms with Gasteiger partial charge < -0.3 is 10.4 Å². The molecule has 1 amide bonds. The summed E-state index contributed by atoms with van der Waals surface area (Å²) < 4.78 is 46.9. The number of carbonyl (C=O) groups is 2. The Bertz CT molecular complexity index is 1650. The van der Waals surface area contributed by atoms with Crippen LogP contribution in [0.5, 0.6) is 0 Å². The third-order valence-corrected chi connectivity index (χ3v) is 8.49. The molecule has 15 heteroatoms. The van der Waals surface area contributed by atoms with Crippen LogP contribution in [0.15, 0.2) is 58.3 Å². The van der Waals surface area contributed by atoms with Crippen molar-refractivity contribution in [1.29, 1.82) is 0 Å². The fourth-order valence-electron chi connectivity index (χ4n) is 3.34. The normalized spacial score (nSPS) is 12.3. The number of carboxylic acid groups (broad SMARTS) is 1. The number of anilines is 1. The molecule has 192 valence electrons. The number of aliphatic carboxylic acids is 1. The third-order valence-electron chi connectivity index (χ3n) is 5.08. The summed E-state index contributed by atoms with van der Waals surface area (Å²) in [6, 6.07) is 6.35. The molecule has 0 aliphatic rings. The van der Waals surface area contributed by atoms with Crippen LogP contribution in [-0.4, -0.2) is 40.8 Å². The molecule has 1 atom stereocenters. The lowest BCUT2D eigenvalue weighted by atomic mass is 10.0. The molecule has 0 aliphatic carbocycles. The van der Waals surface area contributed by atoms with Gasteiger partial charge in [0.2, 0.25) is 0 Å². The van der Waals surface area contributed by atoms with Gasteiger partial charge in [-0.25, -0.2) is 14.2 Å². The van der Waals surface area contributed by atoms with E-state index in [4.69, 9.17) is 23.2 Å². The molecule has 0 radical (unpaired) electrons. The van der Waals surface area contributed by atoms with Crippen molar-refractivity contribution in [2.24, 2.45) is 0 Å². The van der Waals surface area contributed by atoms with Gasteiger partial charge in [-0.1, -0.05) is 29.3 Å². The van der Waals surface area contributed by atoms with E-state index < -0.39 is 33.8 Å². The number of hydrogen-bond donors (Lipinski definition) is 3. The molecule has 0 fully saturated rings. The number of rotatable bonds is 8. The van der Waals surface area contributed by atoms with E-state index in [0.29, 0.717) is 10.3 Å². The number of pyridine rings is 1. The molecule has 2 aromatic carbocycles. The van der Waals surface area contributed by atoms with E-state index in [9.17, 15) is 27.5 Å². The number of carboxylic acids is 1. The number of carbonyl (C=O) groups excluding carboxylic acids is 1. The Hall–Kier alpha value is -2.84. The van der Waals surface area contributed by atoms with Crippen LogP contribution in [0.2, 0.25) is 10.0 Å². The molecular weight excluding hydrogens is 634 g/mol. The Kier molecular flexibility index (Phi) is 7.99. The first-order valence-electron chi connectivity index (χ1n) is 10.1. The minimum Gasteiger partial charge on any atom is -0.480 e. The minimum atomic E-state index is -4.33. The number of benzene rings is 2. The molecule has 3 N–H and O–H groups in total. The Morgan fingerprint density at radius 3 is 2.59 bits per heavy atom. The molecule has 0 unspecified atom stereocenters. The zero-order valence-corrected chi connectivity index (χ0v) is 22.9. The summed E-state index contributed by atoms with van der Waals surface area (Å²) in [5, 5.41) is 11.9. The van der Waals surface area contributed by atoms with Crippen molar-refractivity contribution in [2.45, 2.75) is 17.5 Å². The average molecular weight is 648 g/mol. The maximum absolute atomic E-state index is 13.5. The van der Waals surface area contributed by atoms with E-state index in [0.717, 1.165) is 29.7 Å². The highest BCUT2D eigenvalue weighted by Gasteiger charge is 2.27. The summed E-state index contributed by atoms with van der Waals surface area (Å²) >= 11 is 16.3. The Morgan fingerprint density at radius 2 is 1.89 bits per heavy atom. The average Bonchev–Trinajstić information content (AvgIpc) is 3.31. The Morgan fingerprint density at radius 1 is 1.16 bits per heavy atom. The topological polar surface area (TPSA) is 138 Å². The highest BCUT2D eigenvalue weighted by Crippen LogP contribution is 2.32. The number of sulfonamides is 1. The summed E-state index contributed by atoms with van der Waals surface area (Å²) in [5.74, 6) is -2.83. The molecule has 4 rings (SSSR count). The van der Waals surface area contributed by atoms with Crippen molar-refractivity contribution in [1.82, 2.24) is 14.7 Å². The quantitative estimate of drug-likeness (QED) is 0.241. The third kappa shape index (κ3) is 6.02. The second-order valence-corrected chi connectivity index (χ2v) is 11.7. The predicted octanol–water partition coefficient (Wildman–Crippen LogP) is 5.13. The molecule has 9 nitrogen and oxygen atoms in total. The zero-order chi connectivity index (χ0) is 26.9. The van der Waals surface area contributed by atoms with E-state index >= 15 is 0 Å². The van der Waals surface area contributed by atoms with Crippen LogP contribution in [0.4, 0.5) is 10.1 Å². The Balaban J connectivity index is 1.66. The van der Waals surface area contributed by atoms with Crippen molar-refractivity contribution < 1.29 is 27.5 Å². The van der Waals surface area contributed by atoms with E-state index in [1.807, 2.05) is 0 Å². The van der Waals surface area contributed by atoms with Crippen LogP contribution in [-0.2, 0) is 21.2 Å². The lowest BCUT2D eigenvalue weighted by Gasteiger charge is -2.18. The molecule has 4 aromatic rings. The standard InChI is InChI=1S/C22H14BrCl2FN4O5S2/c23-13-5-10(1-2-16(13)26)6-18(22(32)33)29-20(31)11-7-14(24)15(25)8-17(11)30-37(34,35)21-12-9-28-36-19(12)3-4-27-21/h1-5,7-9,18,30H,6H2,(H,29,31)(H,32,33)/t18-/m0/s1. The summed E-state index contributed by atoms with van der Waals surface area (Å²) in [5.41, 5.74) is -0.0951. The maximum Gasteiger partial charge on any atom is 0.326 e. The van der Waals surface area contributed by atoms with E-state index in [1.165, 1.54) is 24.5 Å². The summed E-state index contributed by atoms with van der Waals surface area (Å²) in [7, 11) is -4.33. The van der Waals surface area contributed by atoms with Crippen LogP contribution < -0.4 is 10.0 Å². The largest absolute Gasteiger partial charge is 0.480 e. The molecule has 2 aromatic heterocycles. The second-order valence-electron chi connectivity index (χ2n) is 7.59. The number of halogens is 4. The lowest BCUT2D eigenvalue weighted by Crippen LogP contribution is -2.42. The highest BCUT2D eigenvalue weighted by molar-refractivity contribution is 9.10. The summed E-state index contributed by atoms with van der Waals surface area (Å²) in [6.07, 6.45) is 2.48. The summed E-state index contributed by atoms with van der Waals surface area (Å²) in [6.45, 7) is 0. The fourth-order valence-corrected chi connectivity index (χ4v) is 6.00. The SMILES string of the molecule is O=C(N[C@@H](Cc1ccc(F)c(Br)c1)C(=O)O)c1cc(Cl)c(Cl)cc1NS(=O)(=O)c1nccc2sncc12. The van der Waals surface area contributed by atoms with Crippen molar-refractivity contribution in [3.05, 3.63) is 80.3 Å². The van der Waals surface area contributed by atoms with Gasteiger partial charge in [0.25, 0.3) is 15.9 Å². The first-order chi connectivity index (χ1) is 17.5. The number of amides is 1. The van der Waals surface area contributed by atoms with Gasteiger partial charge in [-0.3, -0.25) is 9.52 Å². The van der Waals surface area contributed by atoms with E-state index in [2.05, 4.69) is 35.3 Å². The molecule has 0 bridgehead atoms. The Labute approximate surface area is 232 Å². The van der Waals surface area contributed by atoms with Gasteiger partial charge in [-0.15, -0.1) is 0 Å². The number of hydrogen-bond acceptors (Lipinski definition) is 7. The highest BCUT2D eigenvalue weighted by atomic mass is 79.9. The molecule has 0 spiro atoms. The smallest absolute Gasteiger partial charge is 0.326 e. The second kappa shape index (κ2) is 10.9. The van der Waals surface area contributed by atoms with Crippen LogP contribution in [0.25, 0.3) is 10.1 Å². The molecule has 0 saturated heterocycles. The van der Waals surface area contributed by atoms with Gasteiger partial charge in [-0.2, -0.15) is 12.8 Å². The zero-order valence-electron chi connectivity index (χ0n) is 18.2. The summed E-state index contributed by atoms with van der Waals surface area (Å²) in [4.78, 5) is 29.0. The van der Waals surface area contributed by atoms with Gasteiger partial charge in [0.05, 0.1) is 42.1 Å². The number of nitrogens with one attached hydrogen (secondary N) is 2. The monoisotopic (exact) mass is 646 g/mol. The van der Waals surface area contributed by atoms with Crippen LogP contribution >= 0.6 is 50.7 Å². The number of fused-ring (bicyclic) bond motifs is 1.